The molecule has 0 aliphatic heterocycles. The smallest absolute Gasteiger partial charge is 0.253 e. The Hall–Kier alpha value is -3.42. The fourth-order valence-electron chi connectivity index (χ4n) is 2.91. The molecule has 0 saturated carbocycles. The van der Waals surface area contributed by atoms with Crippen molar-refractivity contribution in [3.05, 3.63) is 53.1 Å². The first kappa shape index (κ1) is 22.9. The van der Waals surface area contributed by atoms with Crippen LogP contribution >= 0.6 is 0 Å². The molecule has 0 aromatic heterocycles. The predicted molar refractivity (Wildman–Crippen MR) is 118 cm³/mol. The molecule has 162 valence electrons. The summed E-state index contributed by atoms with van der Waals surface area (Å²) in [5, 5.41) is 6.53. The van der Waals surface area contributed by atoms with Gasteiger partial charge in [0, 0.05) is 45.4 Å². The van der Waals surface area contributed by atoms with Gasteiger partial charge in [-0.3, -0.25) is 9.79 Å². The maximum Gasteiger partial charge on any atom is 0.253 e. The van der Waals surface area contributed by atoms with Crippen molar-refractivity contribution in [2.75, 3.05) is 42.5 Å². The summed E-state index contributed by atoms with van der Waals surface area (Å²) >= 11 is 0. The predicted octanol–water partition coefficient (Wildman–Crippen LogP) is 2.28. The second-order valence-electron chi connectivity index (χ2n) is 6.67. The van der Waals surface area contributed by atoms with Crippen LogP contribution in [0.25, 0.3) is 0 Å². The SMILES string of the molecule is CN=C(NCc1ccc(C(=O)N(C)C)cc1)NCc1ccc(OC)c(OC)c1OC. The number of nitrogens with one attached hydrogen (secondary N) is 2. The van der Waals surface area contributed by atoms with Gasteiger partial charge in [-0.05, 0) is 29.8 Å². The molecule has 0 radical (unpaired) electrons. The number of amides is 1. The zero-order chi connectivity index (χ0) is 22.1. The first-order chi connectivity index (χ1) is 14.4. The number of rotatable bonds is 8. The van der Waals surface area contributed by atoms with E-state index in [4.69, 9.17) is 14.2 Å². The van der Waals surface area contributed by atoms with Crippen LogP contribution in [0.15, 0.2) is 41.4 Å². The third-order valence-electron chi connectivity index (χ3n) is 4.52. The summed E-state index contributed by atoms with van der Waals surface area (Å²) in [4.78, 5) is 17.8. The van der Waals surface area contributed by atoms with E-state index in [-0.39, 0.29) is 5.91 Å². The van der Waals surface area contributed by atoms with Crippen LogP contribution in [0.4, 0.5) is 0 Å². The Bertz CT molecular complexity index is 879. The van der Waals surface area contributed by atoms with Crippen LogP contribution < -0.4 is 24.8 Å². The molecular weight excluding hydrogens is 384 g/mol. The van der Waals surface area contributed by atoms with E-state index in [1.54, 1.807) is 47.4 Å². The van der Waals surface area contributed by atoms with Gasteiger partial charge >= 0.3 is 0 Å². The topological polar surface area (TPSA) is 84.4 Å². The third-order valence-corrected chi connectivity index (χ3v) is 4.52. The molecule has 30 heavy (non-hydrogen) atoms. The molecule has 8 heteroatoms. The summed E-state index contributed by atoms with van der Waals surface area (Å²) in [6, 6.07) is 11.3. The summed E-state index contributed by atoms with van der Waals surface area (Å²) < 4.78 is 16.3. The summed E-state index contributed by atoms with van der Waals surface area (Å²) in [5.41, 5.74) is 2.61. The standard InChI is InChI=1S/C22H30N4O4/c1-23-22(24-13-15-7-9-16(10-8-15)21(27)26(2)3)25-14-17-11-12-18(28-4)20(30-6)19(17)29-5/h7-12H,13-14H2,1-6H3,(H2,23,24,25). The Morgan fingerprint density at radius 1 is 0.900 bits per heavy atom. The lowest BCUT2D eigenvalue weighted by atomic mass is 10.1. The van der Waals surface area contributed by atoms with Gasteiger partial charge in [0.1, 0.15) is 0 Å². The van der Waals surface area contributed by atoms with Crippen molar-refractivity contribution in [2.45, 2.75) is 13.1 Å². The molecule has 0 unspecified atom stereocenters. The fraction of sp³-hybridized carbons (Fsp3) is 0.364. The molecule has 0 aliphatic carbocycles. The minimum absolute atomic E-state index is 0.0177. The number of aliphatic imine (C=N–C) groups is 1. The van der Waals surface area contributed by atoms with E-state index >= 15 is 0 Å². The molecule has 0 saturated heterocycles. The lowest BCUT2D eigenvalue weighted by Gasteiger charge is -2.17. The summed E-state index contributed by atoms with van der Waals surface area (Å²) in [7, 11) is 9.94. The lowest BCUT2D eigenvalue weighted by molar-refractivity contribution is 0.0827. The molecule has 0 fully saturated rings. The zero-order valence-corrected chi connectivity index (χ0v) is 18.4. The minimum Gasteiger partial charge on any atom is -0.493 e. The normalized spacial score (nSPS) is 10.9. The zero-order valence-electron chi connectivity index (χ0n) is 18.4. The minimum atomic E-state index is -0.0177. The maximum absolute atomic E-state index is 12.0. The van der Waals surface area contributed by atoms with E-state index in [1.807, 2.05) is 36.4 Å². The number of nitrogens with zero attached hydrogens (tertiary/aromatic N) is 2. The van der Waals surface area contributed by atoms with Crippen molar-refractivity contribution >= 4 is 11.9 Å². The van der Waals surface area contributed by atoms with Gasteiger partial charge in [0.25, 0.3) is 5.91 Å². The molecule has 2 N–H and O–H groups in total. The number of ether oxygens (including phenoxy) is 3. The number of hydrogen-bond donors (Lipinski definition) is 2. The van der Waals surface area contributed by atoms with Crippen LogP contribution in [0.5, 0.6) is 17.2 Å². The molecule has 0 heterocycles. The Kier molecular flexibility index (Phi) is 8.34. The molecule has 1 amide bonds. The van der Waals surface area contributed by atoms with Crippen LogP contribution in [0, 0.1) is 0 Å². The van der Waals surface area contributed by atoms with Crippen molar-refractivity contribution < 1.29 is 19.0 Å². The van der Waals surface area contributed by atoms with Crippen LogP contribution in [-0.4, -0.2) is 59.2 Å². The van der Waals surface area contributed by atoms with Gasteiger partial charge in [-0.1, -0.05) is 12.1 Å². The van der Waals surface area contributed by atoms with E-state index in [0.29, 0.717) is 41.9 Å². The Balaban J connectivity index is 2.00. The number of methoxy groups -OCH3 is 3. The molecular formula is C22H30N4O4. The highest BCUT2D eigenvalue weighted by Gasteiger charge is 2.16. The molecule has 0 bridgehead atoms. The highest BCUT2D eigenvalue weighted by molar-refractivity contribution is 5.93. The number of guanidine groups is 1. The van der Waals surface area contributed by atoms with E-state index in [9.17, 15) is 4.79 Å². The van der Waals surface area contributed by atoms with Gasteiger partial charge < -0.3 is 29.7 Å². The maximum atomic E-state index is 12.0. The van der Waals surface area contributed by atoms with Gasteiger partial charge in [-0.25, -0.2) is 0 Å². The highest BCUT2D eigenvalue weighted by atomic mass is 16.5. The van der Waals surface area contributed by atoms with E-state index in [0.717, 1.165) is 11.1 Å². The second-order valence-corrected chi connectivity index (χ2v) is 6.67. The van der Waals surface area contributed by atoms with E-state index in [1.165, 1.54) is 0 Å². The average molecular weight is 415 g/mol. The van der Waals surface area contributed by atoms with Gasteiger partial charge in [0.05, 0.1) is 21.3 Å². The van der Waals surface area contributed by atoms with Crippen molar-refractivity contribution in [3.8, 4) is 17.2 Å². The highest BCUT2D eigenvalue weighted by Crippen LogP contribution is 2.39. The first-order valence-corrected chi connectivity index (χ1v) is 9.48. The van der Waals surface area contributed by atoms with E-state index in [2.05, 4.69) is 15.6 Å². The van der Waals surface area contributed by atoms with Crippen molar-refractivity contribution in [3.63, 3.8) is 0 Å². The van der Waals surface area contributed by atoms with Crippen molar-refractivity contribution in [2.24, 2.45) is 4.99 Å². The number of carbonyl (C=O) groups excluding carboxylic acids is 1. The molecule has 2 aromatic rings. The van der Waals surface area contributed by atoms with Crippen LogP contribution in [0.3, 0.4) is 0 Å². The van der Waals surface area contributed by atoms with Crippen LogP contribution in [0.2, 0.25) is 0 Å². The van der Waals surface area contributed by atoms with Gasteiger partial charge in [0.2, 0.25) is 5.75 Å². The monoisotopic (exact) mass is 414 g/mol. The average Bonchev–Trinajstić information content (AvgIpc) is 2.78. The fourth-order valence-corrected chi connectivity index (χ4v) is 2.91. The molecule has 0 spiro atoms. The third kappa shape index (κ3) is 5.56. The van der Waals surface area contributed by atoms with Crippen molar-refractivity contribution in [1.29, 1.82) is 0 Å². The Morgan fingerprint density at radius 3 is 2.07 bits per heavy atom. The van der Waals surface area contributed by atoms with Crippen molar-refractivity contribution in [1.82, 2.24) is 15.5 Å². The summed E-state index contributed by atoms with van der Waals surface area (Å²) in [6.07, 6.45) is 0. The number of carbonyl (C=O) groups is 1. The Labute approximate surface area is 177 Å². The number of hydrogen-bond acceptors (Lipinski definition) is 5. The molecule has 2 aromatic carbocycles. The quantitative estimate of drug-likeness (QED) is 0.509. The first-order valence-electron chi connectivity index (χ1n) is 9.48. The molecule has 8 nitrogen and oxygen atoms in total. The van der Waals surface area contributed by atoms with E-state index < -0.39 is 0 Å². The van der Waals surface area contributed by atoms with Crippen LogP contribution in [0.1, 0.15) is 21.5 Å². The Morgan fingerprint density at radius 2 is 1.53 bits per heavy atom. The van der Waals surface area contributed by atoms with Crippen LogP contribution in [-0.2, 0) is 13.1 Å². The van der Waals surface area contributed by atoms with Gasteiger partial charge in [0.15, 0.2) is 17.5 Å². The largest absolute Gasteiger partial charge is 0.493 e. The molecule has 0 atom stereocenters. The summed E-state index contributed by atoms with van der Waals surface area (Å²) in [5.74, 6) is 2.39. The molecule has 0 aliphatic rings. The second kappa shape index (κ2) is 10.9. The molecule has 2 rings (SSSR count). The summed E-state index contributed by atoms with van der Waals surface area (Å²) in [6.45, 7) is 1.05. The van der Waals surface area contributed by atoms with Gasteiger partial charge in [-0.15, -0.1) is 0 Å². The van der Waals surface area contributed by atoms with Gasteiger partial charge in [-0.2, -0.15) is 0 Å². The number of benzene rings is 2. The lowest BCUT2D eigenvalue weighted by Crippen LogP contribution is -2.36.